The summed E-state index contributed by atoms with van der Waals surface area (Å²) in [5.74, 6) is -0.650. The number of nitrogens with one attached hydrogen (secondary N) is 1. The Morgan fingerprint density at radius 1 is 1.00 bits per heavy atom. The summed E-state index contributed by atoms with van der Waals surface area (Å²) < 4.78 is 11.9. The van der Waals surface area contributed by atoms with Crippen molar-refractivity contribution in [1.29, 1.82) is 0 Å². The molecule has 2 aliphatic carbocycles. The highest BCUT2D eigenvalue weighted by atomic mass is 35.5. The van der Waals surface area contributed by atoms with E-state index >= 15 is 0 Å². The van der Waals surface area contributed by atoms with Gasteiger partial charge in [0.1, 0.15) is 6.61 Å². The first-order valence-electron chi connectivity index (χ1n) is 14.8. The van der Waals surface area contributed by atoms with Crippen LogP contribution in [-0.4, -0.2) is 34.1 Å². The summed E-state index contributed by atoms with van der Waals surface area (Å²) >= 11 is 8.95. The molecule has 46 heavy (non-hydrogen) atoms. The second-order valence-corrected chi connectivity index (χ2v) is 14.7. The number of hydrogen-bond donors (Lipinski definition) is 1. The zero-order valence-corrected chi connectivity index (χ0v) is 26.6. The van der Waals surface area contributed by atoms with Crippen molar-refractivity contribution in [3.8, 4) is 11.5 Å². The number of carbonyl (C=O) groups excluding carboxylic acids is 2. The molecule has 1 N–H and O–H groups in total. The quantitative estimate of drug-likeness (QED) is 0.138. The first kappa shape index (κ1) is 29.3. The van der Waals surface area contributed by atoms with Gasteiger partial charge in [0.25, 0.3) is 5.69 Å². The predicted molar refractivity (Wildman–Crippen MR) is 173 cm³/mol. The Morgan fingerprint density at radius 3 is 2.48 bits per heavy atom. The number of non-ortho nitro benzene ring substituents is 1. The minimum Gasteiger partial charge on any atom is -0.493 e. The molecule has 2 saturated carbocycles. The number of H-pyrrole nitrogens is 1. The number of nitro benzene ring substituents is 1. The average molecular weight is 676 g/mol. The molecule has 7 atom stereocenters. The molecule has 4 aliphatic rings. The highest BCUT2D eigenvalue weighted by Crippen LogP contribution is 2.68. The number of anilines is 1. The van der Waals surface area contributed by atoms with E-state index in [1.165, 1.54) is 40.5 Å². The number of aromatic nitrogens is 1. The van der Waals surface area contributed by atoms with Gasteiger partial charge in [-0.1, -0.05) is 41.1 Å². The molecule has 1 aromatic heterocycles. The Kier molecular flexibility index (Phi) is 7.00. The Bertz CT molecular complexity index is 1980. The van der Waals surface area contributed by atoms with Crippen LogP contribution in [-0.2, 0) is 16.2 Å². The number of aromatic amines is 1. The van der Waals surface area contributed by atoms with Crippen molar-refractivity contribution in [2.45, 2.75) is 29.2 Å². The number of methoxy groups -OCH3 is 1. The molecule has 0 spiro atoms. The lowest BCUT2D eigenvalue weighted by Crippen LogP contribution is -2.42. The molecule has 2 bridgehead atoms. The summed E-state index contributed by atoms with van der Waals surface area (Å²) in [6, 6.07) is 18.8. The molecule has 13 heteroatoms. The normalized spacial score (nSPS) is 27.3. The molecule has 3 heterocycles. The van der Waals surface area contributed by atoms with E-state index in [2.05, 4.69) is 4.98 Å². The number of carbonyl (C=O) groups is 2. The summed E-state index contributed by atoms with van der Waals surface area (Å²) in [4.78, 5) is 56.2. The smallest absolute Gasteiger partial charge is 0.305 e. The molecule has 2 amide bonds. The number of hydrogen-bond acceptors (Lipinski definition) is 9. The number of thioether (sulfide) groups is 1. The average Bonchev–Trinajstić information content (AvgIpc) is 3.78. The van der Waals surface area contributed by atoms with E-state index in [1.807, 2.05) is 36.4 Å². The topological polar surface area (TPSA) is 132 Å². The maximum Gasteiger partial charge on any atom is 0.305 e. The molecule has 2 aliphatic heterocycles. The molecular formula is C33H26ClN3O7S2. The fourth-order valence-electron chi connectivity index (χ4n) is 8.15. The van der Waals surface area contributed by atoms with Gasteiger partial charge in [-0.05, 0) is 71.7 Å². The van der Waals surface area contributed by atoms with Crippen molar-refractivity contribution < 1.29 is 24.0 Å². The summed E-state index contributed by atoms with van der Waals surface area (Å²) in [5, 5.41) is 12.6. The summed E-state index contributed by atoms with van der Waals surface area (Å²) in [6.45, 7) is 0.304. The molecule has 234 valence electrons. The predicted octanol–water partition coefficient (Wildman–Crippen LogP) is 6.26. The van der Waals surface area contributed by atoms with E-state index in [1.54, 1.807) is 24.9 Å². The van der Waals surface area contributed by atoms with Crippen molar-refractivity contribution >= 4 is 57.9 Å². The van der Waals surface area contributed by atoms with Crippen LogP contribution in [0.4, 0.5) is 11.4 Å². The summed E-state index contributed by atoms with van der Waals surface area (Å²) in [6.07, 6.45) is 0.747. The fraction of sp³-hybridized carbons (Fsp3) is 0.303. The minimum absolute atomic E-state index is 0.00620. The van der Waals surface area contributed by atoms with Gasteiger partial charge in [0.15, 0.2) is 11.5 Å². The number of fused-ring (bicyclic) bond motifs is 9. The molecule has 3 aromatic carbocycles. The van der Waals surface area contributed by atoms with Gasteiger partial charge in [-0.2, -0.15) is 0 Å². The second kappa shape index (κ2) is 11.0. The van der Waals surface area contributed by atoms with Crippen LogP contribution in [0.15, 0.2) is 76.6 Å². The zero-order chi connectivity index (χ0) is 31.9. The van der Waals surface area contributed by atoms with Gasteiger partial charge in [-0.25, -0.2) is 0 Å². The number of benzene rings is 3. The summed E-state index contributed by atoms with van der Waals surface area (Å²) in [7, 11) is 1.59. The van der Waals surface area contributed by atoms with Crippen LogP contribution in [0.25, 0.3) is 0 Å². The Morgan fingerprint density at radius 2 is 1.76 bits per heavy atom. The lowest BCUT2D eigenvalue weighted by Gasteiger charge is -2.43. The molecule has 5 unspecified atom stereocenters. The van der Waals surface area contributed by atoms with E-state index in [4.69, 9.17) is 21.1 Å². The number of amides is 2. The largest absolute Gasteiger partial charge is 0.493 e. The standard InChI is InChI=1S/C33H26ClN3O7S2/c1-43-23-12-16(5-10-22(23)44-14-15-3-2-4-17(34)11-15)24-25-20-13-21(28(25)45-30-29(24)46-33(40)35-30)27-26(20)31(38)36(32(27)39)18-6-8-19(9-7-18)37(41)42/h2-12,20-21,24-28H,13-14H2,1H3,(H,35,40)/t20-,21-,24?,25?,26?,27?,28?/m1/s1. The second-order valence-electron chi connectivity index (χ2n) is 12.1. The van der Waals surface area contributed by atoms with Gasteiger partial charge in [0.05, 0.1) is 34.6 Å². The van der Waals surface area contributed by atoms with E-state index in [9.17, 15) is 24.5 Å². The monoisotopic (exact) mass is 675 g/mol. The van der Waals surface area contributed by atoms with Crippen molar-refractivity contribution in [3.63, 3.8) is 0 Å². The SMILES string of the molecule is COc1cc(C2c3sc(=O)[nH]c3SC3C2[C@H]2C[C@@H]3C3C(=O)N(c4ccc([N+](=O)[O-])cc4)C(=O)C32)ccc1OCc1cccc(Cl)c1. The van der Waals surface area contributed by atoms with Crippen molar-refractivity contribution in [3.05, 3.63) is 108 Å². The van der Waals surface area contributed by atoms with E-state index in [-0.39, 0.29) is 51.3 Å². The van der Waals surface area contributed by atoms with Crippen molar-refractivity contribution in [2.75, 3.05) is 12.0 Å². The van der Waals surface area contributed by atoms with Crippen LogP contribution >= 0.6 is 34.7 Å². The van der Waals surface area contributed by atoms with Crippen LogP contribution in [0.3, 0.4) is 0 Å². The zero-order valence-electron chi connectivity index (χ0n) is 24.3. The number of imide groups is 1. The summed E-state index contributed by atoms with van der Waals surface area (Å²) in [5.41, 5.74) is 2.11. The highest BCUT2D eigenvalue weighted by Gasteiger charge is 2.69. The van der Waals surface area contributed by atoms with E-state index < -0.39 is 16.8 Å². The third-order valence-corrected chi connectivity index (χ3v) is 12.7. The number of halogens is 1. The number of ether oxygens (including phenoxy) is 2. The lowest BCUT2D eigenvalue weighted by atomic mass is 9.68. The Labute approximate surface area is 275 Å². The maximum atomic E-state index is 14.0. The molecule has 0 radical (unpaired) electrons. The Balaban J connectivity index is 1.13. The van der Waals surface area contributed by atoms with E-state index in [0.29, 0.717) is 28.8 Å². The molecule has 4 aromatic rings. The van der Waals surface area contributed by atoms with Crippen LogP contribution in [0.2, 0.25) is 5.02 Å². The first-order chi connectivity index (χ1) is 22.2. The van der Waals surface area contributed by atoms with Crippen molar-refractivity contribution in [2.24, 2.45) is 29.6 Å². The van der Waals surface area contributed by atoms with Gasteiger partial charge >= 0.3 is 4.87 Å². The first-order valence-corrected chi connectivity index (χ1v) is 16.9. The molecule has 3 fully saturated rings. The number of thiazole rings is 1. The van der Waals surface area contributed by atoms with Gasteiger partial charge in [0.2, 0.25) is 11.8 Å². The van der Waals surface area contributed by atoms with Crippen LogP contribution in [0, 0.1) is 39.7 Å². The fourth-order valence-corrected chi connectivity index (χ4v) is 11.3. The Hall–Kier alpha value is -4.13. The number of nitrogens with zero attached hydrogens (tertiary/aromatic N) is 2. The van der Waals surface area contributed by atoms with Gasteiger partial charge < -0.3 is 14.5 Å². The maximum absolute atomic E-state index is 14.0. The lowest BCUT2D eigenvalue weighted by molar-refractivity contribution is -0.384. The van der Waals surface area contributed by atoms with Crippen LogP contribution < -0.4 is 19.2 Å². The van der Waals surface area contributed by atoms with Crippen LogP contribution in [0.5, 0.6) is 11.5 Å². The van der Waals surface area contributed by atoms with Gasteiger partial charge in [0, 0.05) is 33.2 Å². The third-order valence-electron chi connectivity index (χ3n) is 9.87. The van der Waals surface area contributed by atoms with Crippen molar-refractivity contribution in [1.82, 2.24) is 4.98 Å². The third kappa shape index (κ3) is 4.49. The molecule has 1 saturated heterocycles. The van der Waals surface area contributed by atoms with Gasteiger partial charge in [-0.15, -0.1) is 11.8 Å². The van der Waals surface area contributed by atoms with Gasteiger partial charge in [-0.3, -0.25) is 29.4 Å². The van der Waals surface area contributed by atoms with Crippen LogP contribution in [0.1, 0.15) is 28.3 Å². The number of rotatable bonds is 7. The molecule has 10 nitrogen and oxygen atoms in total. The van der Waals surface area contributed by atoms with E-state index in [0.717, 1.165) is 27.5 Å². The highest BCUT2D eigenvalue weighted by molar-refractivity contribution is 8.00. The number of nitro groups is 1. The molecular weight excluding hydrogens is 650 g/mol. The molecule has 8 rings (SSSR count). The minimum atomic E-state index is -0.510.